The summed E-state index contributed by atoms with van der Waals surface area (Å²) in [7, 11) is 1.30. The molecular weight excluding hydrogens is 386 g/mol. The zero-order valence-corrected chi connectivity index (χ0v) is 15.0. The van der Waals surface area contributed by atoms with Gasteiger partial charge in [-0.1, -0.05) is 18.2 Å². The van der Waals surface area contributed by atoms with Crippen LogP contribution < -0.4 is 5.32 Å². The second-order valence-electron chi connectivity index (χ2n) is 5.50. The van der Waals surface area contributed by atoms with Crippen molar-refractivity contribution < 1.29 is 14.3 Å². The molecule has 0 fully saturated rings. The second kappa shape index (κ2) is 7.48. The smallest absolute Gasteiger partial charge is 0.328 e. The van der Waals surface area contributed by atoms with Gasteiger partial charge in [0.25, 0.3) is 5.91 Å². The number of amides is 1. The molecule has 0 spiro atoms. The molecule has 3 rings (SSSR count). The zero-order valence-electron chi connectivity index (χ0n) is 13.5. The molecule has 1 amide bonds. The first-order chi connectivity index (χ1) is 12.1. The number of benzene rings is 1. The number of fused-ring (bicyclic) bond motifs is 1. The first kappa shape index (κ1) is 17.2. The van der Waals surface area contributed by atoms with Crippen LogP contribution >= 0.6 is 15.9 Å². The lowest BCUT2D eigenvalue weighted by Gasteiger charge is -2.16. The van der Waals surface area contributed by atoms with Crippen LogP contribution in [0, 0.1) is 0 Å². The standard InChI is InChI=1S/C18H16BrN3O3/c1-25-18(24)16(22-17(23)12-6-13(19)10-20-8-12)7-11-9-21-15-5-3-2-4-14(11)15/h2-6,8-10,16,21H,7H2,1H3,(H,22,23)/t16-/m1/s1. The predicted molar refractivity (Wildman–Crippen MR) is 97.2 cm³/mol. The van der Waals surface area contributed by atoms with Crippen LogP contribution in [-0.4, -0.2) is 35.0 Å². The Morgan fingerprint density at radius 1 is 1.32 bits per heavy atom. The van der Waals surface area contributed by atoms with Gasteiger partial charge in [-0.3, -0.25) is 9.78 Å². The molecule has 0 saturated heterocycles. The molecule has 2 aromatic heterocycles. The molecule has 2 heterocycles. The fraction of sp³-hybridized carbons (Fsp3) is 0.167. The van der Waals surface area contributed by atoms with E-state index in [1.807, 2.05) is 30.5 Å². The van der Waals surface area contributed by atoms with Gasteiger partial charge in [0.15, 0.2) is 0 Å². The summed E-state index contributed by atoms with van der Waals surface area (Å²) >= 11 is 3.28. The van der Waals surface area contributed by atoms with E-state index in [0.717, 1.165) is 16.5 Å². The van der Waals surface area contributed by atoms with E-state index in [0.29, 0.717) is 16.5 Å². The van der Waals surface area contributed by atoms with E-state index in [2.05, 4.69) is 31.2 Å². The third-order valence-corrected chi connectivity index (χ3v) is 4.29. The van der Waals surface area contributed by atoms with Gasteiger partial charge >= 0.3 is 5.97 Å². The summed E-state index contributed by atoms with van der Waals surface area (Å²) < 4.78 is 5.53. The van der Waals surface area contributed by atoms with Crippen LogP contribution in [0.25, 0.3) is 10.9 Å². The number of para-hydroxylation sites is 1. The van der Waals surface area contributed by atoms with Crippen molar-refractivity contribution in [1.82, 2.24) is 15.3 Å². The monoisotopic (exact) mass is 401 g/mol. The molecule has 1 atom stereocenters. The number of halogens is 1. The number of ether oxygens (including phenoxy) is 1. The normalized spacial score (nSPS) is 11.9. The molecule has 0 aliphatic rings. The number of methoxy groups -OCH3 is 1. The highest BCUT2D eigenvalue weighted by Crippen LogP contribution is 2.19. The lowest BCUT2D eigenvalue weighted by Crippen LogP contribution is -2.43. The summed E-state index contributed by atoms with van der Waals surface area (Å²) in [6.45, 7) is 0. The number of nitrogens with one attached hydrogen (secondary N) is 2. The molecule has 128 valence electrons. The summed E-state index contributed by atoms with van der Waals surface area (Å²) in [4.78, 5) is 31.7. The number of carbonyl (C=O) groups is 2. The maximum Gasteiger partial charge on any atom is 0.328 e. The summed E-state index contributed by atoms with van der Waals surface area (Å²) in [6.07, 6.45) is 5.19. The highest BCUT2D eigenvalue weighted by Gasteiger charge is 2.24. The topological polar surface area (TPSA) is 84.1 Å². The SMILES string of the molecule is COC(=O)[C@@H](Cc1c[nH]c2ccccc12)NC(=O)c1cncc(Br)c1. The third-order valence-electron chi connectivity index (χ3n) is 3.86. The van der Waals surface area contributed by atoms with Crippen molar-refractivity contribution in [2.45, 2.75) is 12.5 Å². The Labute approximate surface area is 152 Å². The lowest BCUT2D eigenvalue weighted by molar-refractivity contribution is -0.142. The third kappa shape index (κ3) is 3.88. The van der Waals surface area contributed by atoms with Gasteiger partial charge in [0, 0.05) is 40.4 Å². The van der Waals surface area contributed by atoms with Crippen molar-refractivity contribution in [3.8, 4) is 0 Å². The van der Waals surface area contributed by atoms with E-state index in [4.69, 9.17) is 4.74 Å². The molecule has 0 aliphatic carbocycles. The van der Waals surface area contributed by atoms with E-state index < -0.39 is 12.0 Å². The van der Waals surface area contributed by atoms with Crippen LogP contribution in [0.2, 0.25) is 0 Å². The maximum absolute atomic E-state index is 12.4. The van der Waals surface area contributed by atoms with E-state index in [-0.39, 0.29) is 5.91 Å². The largest absolute Gasteiger partial charge is 0.467 e. The first-order valence-corrected chi connectivity index (χ1v) is 8.42. The molecular formula is C18H16BrN3O3. The van der Waals surface area contributed by atoms with Crippen molar-refractivity contribution in [3.63, 3.8) is 0 Å². The molecule has 0 aliphatic heterocycles. The Balaban J connectivity index is 1.83. The Morgan fingerprint density at radius 3 is 2.88 bits per heavy atom. The Hall–Kier alpha value is -2.67. The number of rotatable bonds is 5. The Bertz CT molecular complexity index is 923. The first-order valence-electron chi connectivity index (χ1n) is 7.62. The van der Waals surface area contributed by atoms with Crippen LogP contribution in [0.1, 0.15) is 15.9 Å². The Morgan fingerprint density at radius 2 is 2.12 bits per heavy atom. The van der Waals surface area contributed by atoms with E-state index in [9.17, 15) is 9.59 Å². The molecule has 1 aromatic carbocycles. The quantitative estimate of drug-likeness (QED) is 0.643. The van der Waals surface area contributed by atoms with Gasteiger partial charge in [-0.05, 0) is 33.6 Å². The number of hydrogen-bond acceptors (Lipinski definition) is 4. The summed E-state index contributed by atoms with van der Waals surface area (Å²) in [6, 6.07) is 8.63. The fourth-order valence-corrected chi connectivity index (χ4v) is 3.00. The average molecular weight is 402 g/mol. The van der Waals surface area contributed by atoms with Crippen molar-refractivity contribution in [2.24, 2.45) is 0 Å². The number of aromatic amines is 1. The van der Waals surface area contributed by atoms with Crippen molar-refractivity contribution >= 4 is 38.7 Å². The number of H-pyrrole nitrogens is 1. The van der Waals surface area contributed by atoms with E-state index >= 15 is 0 Å². The number of hydrogen-bond donors (Lipinski definition) is 2. The minimum absolute atomic E-state index is 0.323. The molecule has 2 N–H and O–H groups in total. The molecule has 7 heteroatoms. The summed E-state index contributed by atoms with van der Waals surface area (Å²) in [5, 5.41) is 3.74. The molecule has 25 heavy (non-hydrogen) atoms. The van der Waals surface area contributed by atoms with Gasteiger partial charge in [-0.15, -0.1) is 0 Å². The highest BCUT2D eigenvalue weighted by molar-refractivity contribution is 9.10. The van der Waals surface area contributed by atoms with Crippen molar-refractivity contribution in [1.29, 1.82) is 0 Å². The van der Waals surface area contributed by atoms with Gasteiger partial charge in [0.05, 0.1) is 12.7 Å². The molecule has 0 bridgehead atoms. The number of pyridine rings is 1. The summed E-state index contributed by atoms with van der Waals surface area (Å²) in [5.41, 5.74) is 2.27. The average Bonchev–Trinajstić information content (AvgIpc) is 3.03. The van der Waals surface area contributed by atoms with Crippen LogP contribution in [0.5, 0.6) is 0 Å². The van der Waals surface area contributed by atoms with Crippen molar-refractivity contribution in [3.05, 3.63) is 64.5 Å². The maximum atomic E-state index is 12.4. The van der Waals surface area contributed by atoms with Crippen LogP contribution in [0.3, 0.4) is 0 Å². The van der Waals surface area contributed by atoms with Gasteiger partial charge in [-0.25, -0.2) is 4.79 Å². The molecule has 0 saturated carbocycles. The van der Waals surface area contributed by atoms with Crippen LogP contribution in [0.4, 0.5) is 0 Å². The van der Waals surface area contributed by atoms with Gasteiger partial charge in [0.2, 0.25) is 0 Å². The second-order valence-corrected chi connectivity index (χ2v) is 6.42. The van der Waals surface area contributed by atoms with Gasteiger partial charge in [0.1, 0.15) is 6.04 Å². The van der Waals surface area contributed by atoms with Crippen molar-refractivity contribution in [2.75, 3.05) is 7.11 Å². The highest BCUT2D eigenvalue weighted by atomic mass is 79.9. The number of carbonyl (C=O) groups excluding carboxylic acids is 2. The molecule has 0 unspecified atom stereocenters. The minimum atomic E-state index is -0.796. The van der Waals surface area contributed by atoms with E-state index in [1.165, 1.54) is 13.3 Å². The van der Waals surface area contributed by atoms with E-state index in [1.54, 1.807) is 12.3 Å². The summed E-state index contributed by atoms with van der Waals surface area (Å²) in [5.74, 6) is -0.884. The molecule has 3 aromatic rings. The van der Waals surface area contributed by atoms with Gasteiger partial charge in [-0.2, -0.15) is 0 Å². The molecule has 6 nitrogen and oxygen atoms in total. The molecule has 0 radical (unpaired) electrons. The number of esters is 1. The zero-order chi connectivity index (χ0) is 17.8. The predicted octanol–water partition coefficient (Wildman–Crippen LogP) is 2.84. The Kier molecular flexibility index (Phi) is 5.14. The number of aromatic nitrogens is 2. The fourth-order valence-electron chi connectivity index (χ4n) is 2.63. The lowest BCUT2D eigenvalue weighted by atomic mass is 10.0. The van der Waals surface area contributed by atoms with Crippen LogP contribution in [0.15, 0.2) is 53.4 Å². The number of nitrogens with zero attached hydrogens (tertiary/aromatic N) is 1. The minimum Gasteiger partial charge on any atom is -0.467 e. The van der Waals surface area contributed by atoms with Gasteiger partial charge < -0.3 is 15.0 Å². The van der Waals surface area contributed by atoms with Crippen LogP contribution in [-0.2, 0) is 16.0 Å².